The second-order valence-corrected chi connectivity index (χ2v) is 16.3. The molecule has 0 spiro atoms. The fourth-order valence-corrected chi connectivity index (χ4v) is 8.26. The van der Waals surface area contributed by atoms with Crippen LogP contribution < -0.4 is 10.6 Å². The second kappa shape index (κ2) is 22.9. The number of Topliss-reactive ketones (excluding diaryl/α,β-unsaturated/α-hetero) is 1. The summed E-state index contributed by atoms with van der Waals surface area (Å²) in [5.41, 5.74) is 2.41. The van der Waals surface area contributed by atoms with Crippen LogP contribution in [-0.4, -0.2) is 78.1 Å². The van der Waals surface area contributed by atoms with Crippen LogP contribution in [0, 0.1) is 29.6 Å². The maximum atomic E-state index is 14.7. The zero-order chi connectivity index (χ0) is 39.8. The van der Waals surface area contributed by atoms with Gasteiger partial charge in [-0.3, -0.25) is 14.4 Å². The minimum atomic E-state index is -0.410. The summed E-state index contributed by atoms with van der Waals surface area (Å²) in [5, 5.41) is 21.0. The monoisotopic (exact) mass is 765 g/mol. The van der Waals surface area contributed by atoms with Gasteiger partial charge in [0.2, 0.25) is 5.91 Å². The van der Waals surface area contributed by atoms with Crippen molar-refractivity contribution in [3.63, 3.8) is 0 Å². The lowest BCUT2D eigenvalue weighted by atomic mass is 9.82. The summed E-state index contributed by atoms with van der Waals surface area (Å²) in [7, 11) is 1.83. The molecule has 1 aliphatic heterocycles. The largest absolute Gasteiger partial charge is 0.371 e. The van der Waals surface area contributed by atoms with Crippen molar-refractivity contribution >= 4 is 34.6 Å². The van der Waals surface area contributed by atoms with Crippen molar-refractivity contribution < 1.29 is 19.1 Å². The summed E-state index contributed by atoms with van der Waals surface area (Å²) < 4.78 is 6.34. The Bertz CT molecular complexity index is 1510. The first-order valence-electron chi connectivity index (χ1n) is 20.2. The van der Waals surface area contributed by atoms with Gasteiger partial charge < -0.3 is 20.3 Å². The van der Waals surface area contributed by atoms with Crippen LogP contribution in [0.2, 0.25) is 0 Å². The van der Waals surface area contributed by atoms with Gasteiger partial charge in [0.05, 0.1) is 11.8 Å². The second-order valence-electron chi connectivity index (χ2n) is 15.4. The Morgan fingerprint density at radius 1 is 0.963 bits per heavy atom. The molecule has 2 heterocycles. The van der Waals surface area contributed by atoms with E-state index in [1.807, 2.05) is 37.1 Å². The molecule has 1 aromatic heterocycles. The lowest BCUT2D eigenvalue weighted by Crippen LogP contribution is -2.50. The Hall–Kier alpha value is -3.35. The SMILES string of the molecule is CCCN(C(=O)[C@@H](CC(=O)[C@H](NC)[C@@H](C)CC)[C@@H](C)CC)[C@H](C[C@@H](OCC)c1nc(C(=O)N[C@@H](Cc2ccccc2)C[C@H](C)C2=NN=NC2)cs1)C(C)C. The zero-order valence-corrected chi connectivity index (χ0v) is 35.3. The first-order valence-corrected chi connectivity index (χ1v) is 21.1. The van der Waals surface area contributed by atoms with Crippen LogP contribution in [0.1, 0.15) is 128 Å². The molecule has 2 aromatic rings. The van der Waals surface area contributed by atoms with Gasteiger partial charge in [-0.2, -0.15) is 5.11 Å². The first-order chi connectivity index (χ1) is 25.9. The van der Waals surface area contributed by atoms with Crippen molar-refractivity contribution in [2.24, 2.45) is 45.0 Å². The fourth-order valence-electron chi connectivity index (χ4n) is 7.40. The Morgan fingerprint density at radius 2 is 1.67 bits per heavy atom. The zero-order valence-electron chi connectivity index (χ0n) is 34.5. The topological polar surface area (TPSA) is 138 Å². The number of amides is 2. The Kier molecular flexibility index (Phi) is 19.1. The molecule has 0 fully saturated rings. The van der Waals surface area contributed by atoms with Gasteiger partial charge in [0, 0.05) is 55.3 Å². The highest BCUT2D eigenvalue weighted by Crippen LogP contribution is 2.33. The number of hydrogen-bond acceptors (Lipinski definition) is 10. The molecule has 8 atom stereocenters. The number of carbonyl (C=O) groups is 3. The van der Waals surface area contributed by atoms with Crippen molar-refractivity contribution in [1.82, 2.24) is 20.5 Å². The summed E-state index contributed by atoms with van der Waals surface area (Å²) in [6, 6.07) is 9.57. The number of hydrogen-bond donors (Lipinski definition) is 2. The molecule has 11 nitrogen and oxygen atoms in total. The van der Waals surface area contributed by atoms with Crippen LogP contribution in [0.5, 0.6) is 0 Å². The highest BCUT2D eigenvalue weighted by atomic mass is 32.1. The van der Waals surface area contributed by atoms with E-state index in [1.54, 1.807) is 5.38 Å². The van der Waals surface area contributed by atoms with Crippen molar-refractivity contribution in [3.8, 4) is 0 Å². The molecule has 3 rings (SSSR count). The van der Waals surface area contributed by atoms with Gasteiger partial charge in [-0.25, -0.2) is 4.98 Å². The molecule has 0 saturated carbocycles. The number of carbonyl (C=O) groups excluding carboxylic acids is 3. The molecular weight excluding hydrogens is 699 g/mol. The molecule has 300 valence electrons. The molecule has 0 aliphatic carbocycles. The van der Waals surface area contributed by atoms with Gasteiger partial charge >= 0.3 is 0 Å². The standard InChI is InChI=1S/C42H67N7O4S/c1-11-20-49(42(52)33(28(7)12-2)23-37(50)39(43-10)29(8)13-3)36(27(5)6)24-38(53-14-4)41-46-35(26-54-41)40(51)45-32(22-31-18-16-15-17-19-31)21-30(9)34-25-44-48-47-34/h15-19,26-30,32-33,36,38-39,43H,11-14,20-25H2,1-10H3,(H,45,51)/t28-,29-,30-,32+,33-,36+,38+,39+/m0/s1. The lowest BCUT2D eigenvalue weighted by Gasteiger charge is -2.39. The van der Waals surface area contributed by atoms with Crippen LogP contribution in [0.3, 0.4) is 0 Å². The Morgan fingerprint density at radius 3 is 2.24 bits per heavy atom. The smallest absolute Gasteiger partial charge is 0.270 e. The highest BCUT2D eigenvalue weighted by molar-refractivity contribution is 7.09. The quantitative estimate of drug-likeness (QED) is 0.104. The van der Waals surface area contributed by atoms with E-state index >= 15 is 0 Å². The number of benzene rings is 1. The predicted octanol–water partition coefficient (Wildman–Crippen LogP) is 8.32. The van der Waals surface area contributed by atoms with E-state index in [1.165, 1.54) is 11.3 Å². The summed E-state index contributed by atoms with van der Waals surface area (Å²) in [6.07, 6.45) is 4.19. The van der Waals surface area contributed by atoms with Crippen LogP contribution in [0.15, 0.2) is 51.2 Å². The van der Waals surface area contributed by atoms with Gasteiger partial charge in [0.15, 0.2) is 5.78 Å². The minimum Gasteiger partial charge on any atom is -0.371 e. The van der Waals surface area contributed by atoms with E-state index in [0.29, 0.717) is 49.7 Å². The van der Waals surface area contributed by atoms with Crippen molar-refractivity contribution in [2.75, 3.05) is 26.7 Å². The third-order valence-electron chi connectivity index (χ3n) is 11.0. The number of likely N-dealkylation sites (N-methyl/N-ethyl adjacent to an activating group) is 1. The number of nitrogens with one attached hydrogen (secondary N) is 2. The lowest BCUT2D eigenvalue weighted by molar-refractivity contribution is -0.144. The van der Waals surface area contributed by atoms with Gasteiger partial charge in [-0.15, -0.1) is 16.4 Å². The first kappa shape index (κ1) is 45.0. The molecule has 2 N–H and O–H groups in total. The Labute approximate surface area is 328 Å². The van der Waals surface area contributed by atoms with E-state index in [0.717, 1.165) is 30.5 Å². The van der Waals surface area contributed by atoms with Crippen molar-refractivity contribution in [2.45, 2.75) is 131 Å². The van der Waals surface area contributed by atoms with Crippen molar-refractivity contribution in [1.29, 1.82) is 0 Å². The average Bonchev–Trinajstić information content (AvgIpc) is 3.89. The third-order valence-corrected chi connectivity index (χ3v) is 12.0. The summed E-state index contributed by atoms with van der Waals surface area (Å²) in [6.45, 7) is 20.3. The molecule has 12 heteroatoms. The average molecular weight is 766 g/mol. The van der Waals surface area contributed by atoms with E-state index in [2.05, 4.69) is 93.6 Å². The summed E-state index contributed by atoms with van der Waals surface area (Å²) in [5.74, 6) is -0.0470. The normalized spacial score (nSPS) is 17.3. The van der Waals surface area contributed by atoms with Gasteiger partial charge in [0.25, 0.3) is 5.91 Å². The van der Waals surface area contributed by atoms with Crippen LogP contribution >= 0.6 is 11.3 Å². The van der Waals surface area contributed by atoms with E-state index in [-0.39, 0.29) is 65.8 Å². The number of aromatic nitrogens is 1. The fraction of sp³-hybridized carbons (Fsp3) is 0.690. The van der Waals surface area contributed by atoms with Crippen molar-refractivity contribution in [3.05, 3.63) is 52.0 Å². The number of rotatable bonds is 25. The predicted molar refractivity (Wildman–Crippen MR) is 219 cm³/mol. The molecule has 0 unspecified atom stereocenters. The number of ether oxygens (including phenoxy) is 1. The summed E-state index contributed by atoms with van der Waals surface area (Å²) in [4.78, 5) is 49.0. The van der Waals surface area contributed by atoms with Crippen LogP contribution in [0.4, 0.5) is 0 Å². The number of ketones is 1. The molecular formula is C42H67N7O4S. The molecule has 54 heavy (non-hydrogen) atoms. The number of nitrogens with zero attached hydrogens (tertiary/aromatic N) is 5. The molecule has 0 bridgehead atoms. The molecule has 2 amide bonds. The molecule has 1 aromatic carbocycles. The summed E-state index contributed by atoms with van der Waals surface area (Å²) >= 11 is 1.42. The van der Waals surface area contributed by atoms with Crippen LogP contribution in [0.25, 0.3) is 0 Å². The Balaban J connectivity index is 1.85. The maximum absolute atomic E-state index is 14.7. The van der Waals surface area contributed by atoms with Gasteiger partial charge in [0.1, 0.15) is 23.4 Å². The van der Waals surface area contributed by atoms with E-state index < -0.39 is 12.0 Å². The highest BCUT2D eigenvalue weighted by Gasteiger charge is 2.38. The van der Waals surface area contributed by atoms with Gasteiger partial charge in [-0.1, -0.05) is 98.6 Å². The van der Waals surface area contributed by atoms with E-state index in [4.69, 9.17) is 9.72 Å². The number of thiazole rings is 1. The van der Waals surface area contributed by atoms with Gasteiger partial charge in [-0.05, 0) is 61.8 Å². The van der Waals surface area contributed by atoms with Crippen LogP contribution in [-0.2, 0) is 20.7 Å². The molecule has 0 radical (unpaired) electrons. The maximum Gasteiger partial charge on any atom is 0.270 e. The van der Waals surface area contributed by atoms with E-state index in [9.17, 15) is 14.4 Å². The third kappa shape index (κ3) is 12.9. The molecule has 1 aliphatic rings. The minimum absolute atomic E-state index is 0.0382. The molecule has 0 saturated heterocycles.